The highest BCUT2D eigenvalue weighted by Crippen LogP contribution is 2.32. The third kappa shape index (κ3) is 3.49. The molecule has 3 N–H and O–H groups in total. The summed E-state index contributed by atoms with van der Waals surface area (Å²) in [7, 11) is 0. The van der Waals surface area contributed by atoms with E-state index in [1.165, 1.54) is 6.07 Å². The van der Waals surface area contributed by atoms with Crippen LogP contribution in [0.4, 0.5) is 17.3 Å². The topological polar surface area (TPSA) is 107 Å². The summed E-state index contributed by atoms with van der Waals surface area (Å²) in [5.41, 5.74) is 7.10. The van der Waals surface area contributed by atoms with E-state index in [4.69, 9.17) is 5.73 Å². The molecular formula is C15H19N5O2. The maximum absolute atomic E-state index is 11.3. The maximum Gasteiger partial charge on any atom is 0.292 e. The first-order valence-corrected chi connectivity index (χ1v) is 6.97. The number of benzene rings is 1. The zero-order chi connectivity index (χ0) is 16.3. The second-order valence-corrected chi connectivity index (χ2v) is 5.68. The van der Waals surface area contributed by atoms with E-state index < -0.39 is 4.92 Å². The number of anilines is 2. The summed E-state index contributed by atoms with van der Waals surface area (Å²) < 4.78 is 0. The fourth-order valence-corrected chi connectivity index (χ4v) is 1.91. The predicted octanol–water partition coefficient (Wildman–Crippen LogP) is 3.23. The minimum absolute atomic E-state index is 0.0239. The van der Waals surface area contributed by atoms with Crippen LogP contribution in [-0.2, 0) is 0 Å². The summed E-state index contributed by atoms with van der Waals surface area (Å²) in [6.45, 7) is 6.02. The Morgan fingerprint density at radius 1 is 1.27 bits per heavy atom. The third-order valence-corrected chi connectivity index (χ3v) is 3.56. The van der Waals surface area contributed by atoms with Crippen molar-refractivity contribution in [3.8, 4) is 11.1 Å². The van der Waals surface area contributed by atoms with Crippen molar-refractivity contribution in [2.75, 3.05) is 11.1 Å². The van der Waals surface area contributed by atoms with Crippen LogP contribution in [0.2, 0.25) is 0 Å². The summed E-state index contributed by atoms with van der Waals surface area (Å²) in [5, 5.41) is 14.6. The number of nitro benzene ring substituents is 1. The SMILES string of the molecule is CCC(C)(C)Nc1ccc(-c2cnc(N)nc2)cc1[N+](=O)[O-]. The Labute approximate surface area is 128 Å². The Hall–Kier alpha value is -2.70. The number of hydrogen-bond acceptors (Lipinski definition) is 6. The molecule has 0 bridgehead atoms. The van der Waals surface area contributed by atoms with Crippen LogP contribution in [0.3, 0.4) is 0 Å². The van der Waals surface area contributed by atoms with Gasteiger partial charge in [0, 0.05) is 29.6 Å². The van der Waals surface area contributed by atoms with Crippen molar-refractivity contribution in [2.24, 2.45) is 0 Å². The first kappa shape index (κ1) is 15.7. The number of aromatic nitrogens is 2. The largest absolute Gasteiger partial charge is 0.375 e. The lowest BCUT2D eigenvalue weighted by molar-refractivity contribution is -0.383. The van der Waals surface area contributed by atoms with Gasteiger partial charge in [0.15, 0.2) is 0 Å². The highest BCUT2D eigenvalue weighted by Gasteiger charge is 2.21. The van der Waals surface area contributed by atoms with E-state index in [1.54, 1.807) is 24.5 Å². The molecule has 7 nitrogen and oxygen atoms in total. The average Bonchev–Trinajstić information content (AvgIpc) is 2.48. The molecule has 0 radical (unpaired) electrons. The van der Waals surface area contributed by atoms with Crippen LogP contribution < -0.4 is 11.1 Å². The standard InChI is InChI=1S/C15H19N5O2/c1-4-15(2,3)19-12-6-5-10(7-13(12)20(21)22)11-8-17-14(16)18-9-11/h5-9,19H,4H2,1-3H3,(H2,16,17,18). The molecule has 0 atom stereocenters. The van der Waals surface area contributed by atoms with Gasteiger partial charge in [0.2, 0.25) is 5.95 Å². The lowest BCUT2D eigenvalue weighted by Crippen LogP contribution is -2.29. The van der Waals surface area contributed by atoms with E-state index in [9.17, 15) is 10.1 Å². The molecular weight excluding hydrogens is 282 g/mol. The number of nitrogen functional groups attached to an aromatic ring is 1. The van der Waals surface area contributed by atoms with Gasteiger partial charge in [-0.25, -0.2) is 9.97 Å². The molecule has 22 heavy (non-hydrogen) atoms. The number of hydrogen-bond donors (Lipinski definition) is 2. The van der Waals surface area contributed by atoms with Gasteiger partial charge in [-0.05, 0) is 31.9 Å². The molecule has 116 valence electrons. The molecule has 0 aliphatic rings. The van der Waals surface area contributed by atoms with E-state index in [1.807, 2.05) is 20.8 Å². The van der Waals surface area contributed by atoms with Crippen LogP contribution in [0, 0.1) is 10.1 Å². The Morgan fingerprint density at radius 2 is 1.91 bits per heavy atom. The van der Waals surface area contributed by atoms with Crippen LogP contribution in [0.1, 0.15) is 27.2 Å². The summed E-state index contributed by atoms with van der Waals surface area (Å²) in [4.78, 5) is 18.8. The Kier molecular flexibility index (Phi) is 4.25. The van der Waals surface area contributed by atoms with E-state index >= 15 is 0 Å². The van der Waals surface area contributed by atoms with Crippen molar-refractivity contribution >= 4 is 17.3 Å². The van der Waals surface area contributed by atoms with Crippen LogP contribution in [-0.4, -0.2) is 20.4 Å². The minimum Gasteiger partial charge on any atom is -0.375 e. The monoisotopic (exact) mass is 301 g/mol. The highest BCUT2D eigenvalue weighted by atomic mass is 16.6. The Bertz CT molecular complexity index is 683. The second-order valence-electron chi connectivity index (χ2n) is 5.68. The van der Waals surface area contributed by atoms with Gasteiger partial charge in [0.05, 0.1) is 4.92 Å². The lowest BCUT2D eigenvalue weighted by Gasteiger charge is -2.25. The van der Waals surface area contributed by atoms with E-state index in [2.05, 4.69) is 15.3 Å². The van der Waals surface area contributed by atoms with Gasteiger partial charge in [-0.2, -0.15) is 0 Å². The van der Waals surface area contributed by atoms with Crippen molar-refractivity contribution < 1.29 is 4.92 Å². The van der Waals surface area contributed by atoms with Gasteiger partial charge in [-0.1, -0.05) is 13.0 Å². The molecule has 0 amide bonds. The fraction of sp³-hybridized carbons (Fsp3) is 0.333. The highest BCUT2D eigenvalue weighted by molar-refractivity contribution is 5.73. The van der Waals surface area contributed by atoms with E-state index in [-0.39, 0.29) is 17.2 Å². The molecule has 0 saturated heterocycles. The van der Waals surface area contributed by atoms with Crippen LogP contribution in [0.25, 0.3) is 11.1 Å². The third-order valence-electron chi connectivity index (χ3n) is 3.56. The summed E-state index contributed by atoms with van der Waals surface area (Å²) >= 11 is 0. The minimum atomic E-state index is -0.393. The molecule has 2 aromatic rings. The summed E-state index contributed by atoms with van der Waals surface area (Å²) in [6.07, 6.45) is 3.94. The van der Waals surface area contributed by atoms with Crippen molar-refractivity contribution in [3.05, 3.63) is 40.7 Å². The molecule has 1 heterocycles. The number of nitrogens with zero attached hydrogens (tertiary/aromatic N) is 3. The number of nitrogens with one attached hydrogen (secondary N) is 1. The molecule has 0 aliphatic carbocycles. The second kappa shape index (κ2) is 5.97. The van der Waals surface area contributed by atoms with E-state index in [0.29, 0.717) is 16.8 Å². The van der Waals surface area contributed by atoms with Crippen molar-refractivity contribution in [1.29, 1.82) is 0 Å². The summed E-state index contributed by atoms with van der Waals surface area (Å²) in [6, 6.07) is 5.03. The first-order valence-electron chi connectivity index (χ1n) is 6.97. The van der Waals surface area contributed by atoms with Gasteiger partial charge in [-0.3, -0.25) is 10.1 Å². The molecule has 7 heteroatoms. The maximum atomic E-state index is 11.3. The quantitative estimate of drug-likeness (QED) is 0.648. The van der Waals surface area contributed by atoms with Gasteiger partial charge in [-0.15, -0.1) is 0 Å². The van der Waals surface area contributed by atoms with Gasteiger partial charge in [0.1, 0.15) is 5.69 Å². The molecule has 0 unspecified atom stereocenters. The number of nitrogens with two attached hydrogens (primary N) is 1. The molecule has 0 fully saturated rings. The van der Waals surface area contributed by atoms with Gasteiger partial charge >= 0.3 is 0 Å². The van der Waals surface area contributed by atoms with Crippen molar-refractivity contribution in [2.45, 2.75) is 32.7 Å². The lowest BCUT2D eigenvalue weighted by atomic mass is 10.0. The van der Waals surface area contributed by atoms with Crippen LogP contribution >= 0.6 is 0 Å². The fourth-order valence-electron chi connectivity index (χ4n) is 1.91. The molecule has 1 aromatic heterocycles. The zero-order valence-corrected chi connectivity index (χ0v) is 12.8. The van der Waals surface area contributed by atoms with Crippen LogP contribution in [0.15, 0.2) is 30.6 Å². The zero-order valence-electron chi connectivity index (χ0n) is 12.8. The normalized spacial score (nSPS) is 11.2. The smallest absolute Gasteiger partial charge is 0.292 e. The molecule has 0 saturated carbocycles. The van der Waals surface area contributed by atoms with Gasteiger partial charge in [0.25, 0.3) is 5.69 Å². The average molecular weight is 301 g/mol. The molecule has 1 aromatic carbocycles. The van der Waals surface area contributed by atoms with E-state index in [0.717, 1.165) is 6.42 Å². The van der Waals surface area contributed by atoms with Crippen molar-refractivity contribution in [1.82, 2.24) is 9.97 Å². The molecule has 0 spiro atoms. The summed E-state index contributed by atoms with van der Waals surface area (Å²) in [5.74, 6) is 0.168. The number of nitro groups is 1. The predicted molar refractivity (Wildman–Crippen MR) is 86.5 cm³/mol. The van der Waals surface area contributed by atoms with Crippen molar-refractivity contribution in [3.63, 3.8) is 0 Å². The molecule has 2 rings (SSSR count). The Morgan fingerprint density at radius 3 is 2.45 bits per heavy atom. The molecule has 0 aliphatic heterocycles. The van der Waals surface area contributed by atoms with Crippen LogP contribution in [0.5, 0.6) is 0 Å². The first-order chi connectivity index (χ1) is 10.3. The number of rotatable bonds is 5. The Balaban J connectivity index is 2.43. The van der Waals surface area contributed by atoms with Gasteiger partial charge < -0.3 is 11.1 Å².